The number of aliphatic imine (C=N–C) groups is 1. The smallest absolute Gasteiger partial charge is 0.277 e. The number of para-hydroxylation sites is 1. The van der Waals surface area contributed by atoms with Gasteiger partial charge >= 0.3 is 0 Å². The van der Waals surface area contributed by atoms with Crippen molar-refractivity contribution in [3.63, 3.8) is 0 Å². The van der Waals surface area contributed by atoms with Gasteiger partial charge in [0.15, 0.2) is 11.6 Å². The number of rotatable bonds is 2. The molecule has 2 aliphatic rings. The second-order valence-corrected chi connectivity index (χ2v) is 7.62. The van der Waals surface area contributed by atoms with Gasteiger partial charge in [0, 0.05) is 17.0 Å². The molecule has 1 N–H and O–H groups in total. The van der Waals surface area contributed by atoms with Gasteiger partial charge in [0.1, 0.15) is 0 Å². The maximum absolute atomic E-state index is 13.5. The van der Waals surface area contributed by atoms with Crippen LogP contribution in [0.3, 0.4) is 0 Å². The second-order valence-electron chi connectivity index (χ2n) is 7.62. The Labute approximate surface area is 172 Å². The third kappa shape index (κ3) is 2.26. The summed E-state index contributed by atoms with van der Waals surface area (Å²) in [5.74, 6) is -0.337. The van der Waals surface area contributed by atoms with Crippen molar-refractivity contribution in [2.45, 2.75) is 5.92 Å². The highest BCUT2D eigenvalue weighted by molar-refractivity contribution is 6.30. The topological polar surface area (TPSA) is 67.2 Å². The summed E-state index contributed by atoms with van der Waals surface area (Å²) in [6.07, 6.45) is 0. The van der Waals surface area contributed by atoms with Gasteiger partial charge in [0.05, 0.1) is 22.9 Å². The van der Waals surface area contributed by atoms with Crippen molar-refractivity contribution in [1.29, 1.82) is 0 Å². The first kappa shape index (κ1) is 16.9. The molecule has 0 amide bonds. The normalized spacial score (nSPS) is 19.1. The zero-order valence-electron chi connectivity index (χ0n) is 15.9. The lowest BCUT2D eigenvalue weighted by atomic mass is 9.77. The molecule has 30 heavy (non-hydrogen) atoms. The Kier molecular flexibility index (Phi) is 3.53. The standard InChI is InChI=1S/C25H17N3O2/c29-23-18-14-8-7-13-17(18)22-20(23)19(15-9-3-1-4-10-15)21-24(26-22)27-28(25(21)30)16-11-5-2-6-12-16/h1-14,19-20,27H. The largest absolute Gasteiger partial charge is 0.293 e. The first-order chi connectivity index (χ1) is 14.7. The van der Waals surface area contributed by atoms with Crippen LogP contribution in [-0.4, -0.2) is 21.3 Å². The highest BCUT2D eigenvalue weighted by Crippen LogP contribution is 2.46. The number of Topliss-reactive ketones (excluding diaryl/α,β-unsaturated/α-hetero) is 1. The lowest BCUT2D eigenvalue weighted by Crippen LogP contribution is -2.31. The molecule has 2 atom stereocenters. The molecular weight excluding hydrogens is 374 g/mol. The molecule has 6 rings (SSSR count). The summed E-state index contributed by atoms with van der Waals surface area (Å²) >= 11 is 0. The van der Waals surface area contributed by atoms with E-state index in [1.807, 2.05) is 84.9 Å². The molecular formula is C25H17N3O2. The molecule has 1 aliphatic carbocycles. The molecule has 0 bridgehead atoms. The van der Waals surface area contributed by atoms with Crippen molar-refractivity contribution in [2.75, 3.05) is 0 Å². The van der Waals surface area contributed by atoms with Crippen molar-refractivity contribution in [2.24, 2.45) is 10.9 Å². The summed E-state index contributed by atoms with van der Waals surface area (Å²) in [6.45, 7) is 0. The number of nitrogens with zero attached hydrogens (tertiary/aromatic N) is 2. The van der Waals surface area contributed by atoms with Crippen LogP contribution >= 0.6 is 0 Å². The molecule has 0 saturated heterocycles. The summed E-state index contributed by atoms with van der Waals surface area (Å²) in [4.78, 5) is 31.7. The summed E-state index contributed by atoms with van der Waals surface area (Å²) in [6, 6.07) is 26.8. The Bertz CT molecular complexity index is 1380. The average Bonchev–Trinajstić information content (AvgIpc) is 3.28. The third-order valence-corrected chi connectivity index (χ3v) is 6.00. The van der Waals surface area contributed by atoms with Crippen LogP contribution in [-0.2, 0) is 0 Å². The molecule has 2 heterocycles. The summed E-state index contributed by atoms with van der Waals surface area (Å²) in [7, 11) is 0. The van der Waals surface area contributed by atoms with Gasteiger partial charge in [-0.2, -0.15) is 0 Å². The number of H-pyrrole nitrogens is 1. The van der Waals surface area contributed by atoms with Gasteiger partial charge in [-0.25, -0.2) is 9.67 Å². The van der Waals surface area contributed by atoms with E-state index in [1.54, 1.807) is 0 Å². The van der Waals surface area contributed by atoms with Crippen molar-refractivity contribution in [3.05, 3.63) is 118 Å². The minimum atomic E-state index is -0.495. The molecule has 4 aromatic rings. The zero-order valence-corrected chi connectivity index (χ0v) is 15.9. The van der Waals surface area contributed by atoms with Gasteiger partial charge in [0.2, 0.25) is 0 Å². The van der Waals surface area contributed by atoms with E-state index >= 15 is 0 Å². The zero-order chi connectivity index (χ0) is 20.2. The molecule has 0 fully saturated rings. The number of ketones is 1. The van der Waals surface area contributed by atoms with Crippen LogP contribution < -0.4 is 5.56 Å². The Balaban J connectivity index is 1.65. The average molecular weight is 391 g/mol. The van der Waals surface area contributed by atoms with Crippen molar-refractivity contribution in [1.82, 2.24) is 9.78 Å². The van der Waals surface area contributed by atoms with Crippen LogP contribution in [0.4, 0.5) is 5.82 Å². The molecule has 1 aromatic heterocycles. The van der Waals surface area contributed by atoms with E-state index in [4.69, 9.17) is 4.99 Å². The Morgan fingerprint density at radius 2 is 1.37 bits per heavy atom. The van der Waals surface area contributed by atoms with E-state index in [2.05, 4.69) is 5.10 Å². The Morgan fingerprint density at radius 3 is 2.10 bits per heavy atom. The predicted octanol–water partition coefficient (Wildman–Crippen LogP) is 4.24. The highest BCUT2D eigenvalue weighted by Gasteiger charge is 2.47. The Morgan fingerprint density at radius 1 is 0.733 bits per heavy atom. The second kappa shape index (κ2) is 6.26. The number of hydrogen-bond donors (Lipinski definition) is 1. The lowest BCUT2D eigenvalue weighted by molar-refractivity contribution is 0.0953. The minimum absolute atomic E-state index is 0.0238. The van der Waals surface area contributed by atoms with Gasteiger partial charge in [-0.1, -0.05) is 72.8 Å². The molecule has 3 aromatic carbocycles. The first-order valence-corrected chi connectivity index (χ1v) is 9.91. The van der Waals surface area contributed by atoms with E-state index in [9.17, 15) is 9.59 Å². The van der Waals surface area contributed by atoms with Crippen LogP contribution in [0.25, 0.3) is 5.69 Å². The van der Waals surface area contributed by atoms with Crippen molar-refractivity contribution in [3.8, 4) is 5.69 Å². The number of fused-ring (bicyclic) bond motifs is 4. The number of hydrogen-bond acceptors (Lipinski definition) is 3. The molecule has 0 saturated carbocycles. The van der Waals surface area contributed by atoms with E-state index in [1.165, 1.54) is 4.68 Å². The van der Waals surface area contributed by atoms with E-state index in [0.717, 1.165) is 22.5 Å². The van der Waals surface area contributed by atoms with Crippen LogP contribution in [0.1, 0.15) is 33.0 Å². The molecule has 2 unspecified atom stereocenters. The fourth-order valence-corrected chi connectivity index (χ4v) is 4.69. The van der Waals surface area contributed by atoms with E-state index in [-0.39, 0.29) is 17.3 Å². The monoisotopic (exact) mass is 391 g/mol. The van der Waals surface area contributed by atoms with Gasteiger partial charge in [-0.15, -0.1) is 0 Å². The van der Waals surface area contributed by atoms with Gasteiger partial charge in [-0.3, -0.25) is 14.7 Å². The molecule has 144 valence electrons. The molecule has 5 heteroatoms. The predicted molar refractivity (Wildman–Crippen MR) is 115 cm³/mol. The maximum atomic E-state index is 13.5. The maximum Gasteiger partial charge on any atom is 0.277 e. The highest BCUT2D eigenvalue weighted by atomic mass is 16.1. The lowest BCUT2D eigenvalue weighted by Gasteiger charge is -2.26. The van der Waals surface area contributed by atoms with Gasteiger partial charge in [0.25, 0.3) is 5.56 Å². The number of aromatic amines is 1. The first-order valence-electron chi connectivity index (χ1n) is 9.91. The van der Waals surface area contributed by atoms with E-state index < -0.39 is 5.92 Å². The van der Waals surface area contributed by atoms with Crippen molar-refractivity contribution >= 4 is 17.3 Å². The summed E-state index contributed by atoms with van der Waals surface area (Å²) in [5, 5.41) is 3.18. The Hall–Kier alpha value is -3.99. The SMILES string of the molecule is O=C1c2ccccc2C2=Nc3[nH]n(-c4ccccc4)c(=O)c3C(c3ccccc3)C12. The van der Waals surface area contributed by atoms with E-state index in [0.29, 0.717) is 16.9 Å². The molecule has 0 spiro atoms. The molecule has 0 radical (unpaired) electrons. The van der Waals surface area contributed by atoms with Crippen LogP contribution in [0, 0.1) is 5.92 Å². The van der Waals surface area contributed by atoms with Crippen molar-refractivity contribution < 1.29 is 4.79 Å². The minimum Gasteiger partial charge on any atom is -0.293 e. The number of carbonyl (C=O) groups excluding carboxylic acids is 1. The number of benzene rings is 3. The summed E-state index contributed by atoms with van der Waals surface area (Å²) in [5.41, 5.74) is 4.31. The van der Waals surface area contributed by atoms with Crippen LogP contribution in [0.15, 0.2) is 94.7 Å². The molecule has 5 nitrogen and oxygen atoms in total. The van der Waals surface area contributed by atoms with Crippen LogP contribution in [0.2, 0.25) is 0 Å². The molecule has 1 aliphatic heterocycles. The number of nitrogens with one attached hydrogen (secondary N) is 1. The fraction of sp³-hybridized carbons (Fsp3) is 0.0800. The van der Waals surface area contributed by atoms with Gasteiger partial charge in [-0.05, 0) is 17.7 Å². The number of carbonyl (C=O) groups is 1. The quantitative estimate of drug-likeness (QED) is 0.555. The van der Waals surface area contributed by atoms with Gasteiger partial charge < -0.3 is 0 Å². The summed E-state index contributed by atoms with van der Waals surface area (Å²) < 4.78 is 1.52. The fourth-order valence-electron chi connectivity index (χ4n) is 4.69. The number of aromatic nitrogens is 2. The third-order valence-electron chi connectivity index (χ3n) is 6.00. The van der Waals surface area contributed by atoms with Crippen LogP contribution in [0.5, 0.6) is 0 Å².